The number of imide groups is 1. The van der Waals surface area contributed by atoms with Crippen LogP contribution in [0, 0.1) is 0 Å². The topological polar surface area (TPSA) is 84.9 Å². The predicted molar refractivity (Wildman–Crippen MR) is 114 cm³/mol. The highest BCUT2D eigenvalue weighted by atomic mass is 16.6. The van der Waals surface area contributed by atoms with Gasteiger partial charge in [-0.3, -0.25) is 14.5 Å². The Morgan fingerprint density at radius 1 is 1.06 bits per heavy atom. The highest BCUT2D eigenvalue weighted by Gasteiger charge is 2.49. The van der Waals surface area contributed by atoms with Crippen LogP contribution < -0.4 is 14.8 Å². The number of carbonyl (C=O) groups excluding carboxylic acids is 3. The number of Topliss-reactive ketones (excluding diaryl/α,β-unsaturated/α-hetero) is 1. The molecule has 4 rings (SSSR count). The van der Waals surface area contributed by atoms with E-state index in [2.05, 4.69) is 12.2 Å². The van der Waals surface area contributed by atoms with E-state index in [0.29, 0.717) is 35.8 Å². The van der Waals surface area contributed by atoms with Gasteiger partial charge in [-0.1, -0.05) is 43.7 Å². The third-order valence-corrected chi connectivity index (χ3v) is 5.79. The zero-order chi connectivity index (χ0) is 22.0. The Morgan fingerprint density at radius 2 is 1.77 bits per heavy atom. The van der Waals surface area contributed by atoms with Crippen LogP contribution in [-0.4, -0.2) is 42.4 Å². The van der Waals surface area contributed by atoms with Crippen LogP contribution in [0.2, 0.25) is 0 Å². The number of amides is 3. The first kappa shape index (κ1) is 20.9. The lowest BCUT2D eigenvalue weighted by molar-refractivity contribution is -0.130. The van der Waals surface area contributed by atoms with E-state index in [1.165, 1.54) is 5.56 Å². The number of unbranched alkanes of at least 4 members (excludes halogenated alkanes) is 1. The molecule has 1 saturated heterocycles. The maximum Gasteiger partial charge on any atom is 0.325 e. The third-order valence-electron chi connectivity index (χ3n) is 5.79. The molecule has 2 aliphatic rings. The van der Waals surface area contributed by atoms with Crippen LogP contribution in [0.1, 0.15) is 48.2 Å². The summed E-state index contributed by atoms with van der Waals surface area (Å²) in [6.07, 6.45) is 3.16. The fourth-order valence-electron chi connectivity index (χ4n) is 3.86. The molecule has 0 radical (unpaired) electrons. The normalized spacial score (nSPS) is 20.0. The van der Waals surface area contributed by atoms with E-state index in [9.17, 15) is 14.4 Å². The molecule has 0 bridgehead atoms. The number of fused-ring (bicyclic) bond motifs is 1. The summed E-state index contributed by atoms with van der Waals surface area (Å²) in [7, 11) is 0. The lowest BCUT2D eigenvalue weighted by Crippen LogP contribution is -2.41. The molecule has 2 aromatic rings. The Morgan fingerprint density at radius 3 is 2.48 bits per heavy atom. The summed E-state index contributed by atoms with van der Waals surface area (Å²) in [4.78, 5) is 39.5. The number of nitrogens with zero attached hydrogens (tertiary/aromatic N) is 1. The van der Waals surface area contributed by atoms with Crippen LogP contribution in [0.5, 0.6) is 11.5 Å². The summed E-state index contributed by atoms with van der Waals surface area (Å²) in [5, 5.41) is 2.73. The van der Waals surface area contributed by atoms with Crippen LogP contribution in [0.4, 0.5) is 4.79 Å². The average molecular weight is 422 g/mol. The number of ketones is 1. The van der Waals surface area contributed by atoms with Crippen molar-refractivity contribution in [3.05, 3.63) is 59.2 Å². The summed E-state index contributed by atoms with van der Waals surface area (Å²) in [5.41, 5.74) is 0.940. The second-order valence-corrected chi connectivity index (χ2v) is 8.03. The molecule has 0 aliphatic carbocycles. The smallest absolute Gasteiger partial charge is 0.325 e. The van der Waals surface area contributed by atoms with Gasteiger partial charge in [0.05, 0.1) is 6.54 Å². The number of nitrogens with one attached hydrogen (secondary N) is 1. The number of hydrogen-bond acceptors (Lipinski definition) is 5. The van der Waals surface area contributed by atoms with Crippen molar-refractivity contribution in [3.8, 4) is 11.5 Å². The number of hydrogen-bond donors (Lipinski definition) is 1. The first-order valence-electron chi connectivity index (χ1n) is 10.6. The predicted octanol–water partition coefficient (Wildman–Crippen LogP) is 3.45. The lowest BCUT2D eigenvalue weighted by Gasteiger charge is -2.25. The SMILES string of the molecule is CCCCc1ccc(C(=O)CN2C(=O)N[C@@](C)(c3ccc4c(c3)OCCO4)C2=O)cc1. The molecule has 0 saturated carbocycles. The second kappa shape index (κ2) is 8.41. The van der Waals surface area contributed by atoms with Gasteiger partial charge in [0.25, 0.3) is 5.91 Å². The summed E-state index contributed by atoms with van der Waals surface area (Å²) in [5.74, 6) is 0.383. The van der Waals surface area contributed by atoms with Gasteiger partial charge in [0, 0.05) is 5.56 Å². The van der Waals surface area contributed by atoms with E-state index in [0.717, 1.165) is 24.2 Å². The first-order chi connectivity index (χ1) is 14.9. The van der Waals surface area contributed by atoms with Crippen molar-refractivity contribution >= 4 is 17.7 Å². The molecule has 0 spiro atoms. The number of aryl methyl sites for hydroxylation is 1. The van der Waals surface area contributed by atoms with E-state index in [1.54, 1.807) is 37.3 Å². The van der Waals surface area contributed by atoms with E-state index in [1.807, 2.05) is 12.1 Å². The van der Waals surface area contributed by atoms with Gasteiger partial charge < -0.3 is 14.8 Å². The molecular weight excluding hydrogens is 396 g/mol. The molecule has 2 aliphatic heterocycles. The van der Waals surface area contributed by atoms with Gasteiger partial charge in [-0.25, -0.2) is 4.79 Å². The largest absolute Gasteiger partial charge is 0.486 e. The quantitative estimate of drug-likeness (QED) is 0.546. The molecule has 2 heterocycles. The van der Waals surface area contributed by atoms with Gasteiger partial charge in [0.1, 0.15) is 18.8 Å². The number of ether oxygens (including phenoxy) is 2. The van der Waals surface area contributed by atoms with Gasteiger partial charge in [-0.05, 0) is 43.0 Å². The first-order valence-corrected chi connectivity index (χ1v) is 10.6. The molecular formula is C24H26N2O5. The van der Waals surface area contributed by atoms with E-state index >= 15 is 0 Å². The van der Waals surface area contributed by atoms with Crippen molar-refractivity contribution < 1.29 is 23.9 Å². The molecule has 2 aromatic carbocycles. The zero-order valence-electron chi connectivity index (χ0n) is 17.8. The van der Waals surface area contributed by atoms with Gasteiger partial charge in [0.2, 0.25) is 0 Å². The Bertz CT molecular complexity index is 1020. The van der Waals surface area contributed by atoms with Crippen molar-refractivity contribution in [1.29, 1.82) is 0 Å². The van der Waals surface area contributed by atoms with Gasteiger partial charge >= 0.3 is 6.03 Å². The van der Waals surface area contributed by atoms with E-state index in [4.69, 9.17) is 9.47 Å². The highest BCUT2D eigenvalue weighted by molar-refractivity contribution is 6.11. The van der Waals surface area contributed by atoms with E-state index < -0.39 is 17.5 Å². The standard InChI is InChI=1S/C24H26N2O5/c1-3-4-5-16-6-8-17(9-7-16)19(27)15-26-22(28)24(2,25-23(26)29)18-10-11-20-21(14-18)31-13-12-30-20/h6-11,14H,3-5,12-13,15H2,1-2H3,(H,25,29)/t24-/m0/s1. The fraction of sp³-hybridized carbons (Fsp3) is 0.375. The number of rotatable bonds is 7. The molecule has 7 heteroatoms. The molecule has 1 fully saturated rings. The minimum Gasteiger partial charge on any atom is -0.486 e. The maximum atomic E-state index is 13.2. The highest BCUT2D eigenvalue weighted by Crippen LogP contribution is 2.36. The van der Waals surface area contributed by atoms with Crippen LogP contribution in [0.25, 0.3) is 0 Å². The van der Waals surface area contributed by atoms with Crippen LogP contribution in [0.3, 0.4) is 0 Å². The molecule has 3 amide bonds. The summed E-state index contributed by atoms with van der Waals surface area (Å²) < 4.78 is 11.1. The van der Waals surface area contributed by atoms with Crippen LogP contribution >= 0.6 is 0 Å². The summed E-state index contributed by atoms with van der Waals surface area (Å²) in [6.45, 7) is 4.35. The average Bonchev–Trinajstić information content (AvgIpc) is 3.01. The molecule has 31 heavy (non-hydrogen) atoms. The maximum absolute atomic E-state index is 13.2. The third kappa shape index (κ3) is 4.00. The molecule has 1 N–H and O–H groups in total. The molecule has 7 nitrogen and oxygen atoms in total. The zero-order valence-corrected chi connectivity index (χ0v) is 17.8. The molecule has 1 atom stereocenters. The summed E-state index contributed by atoms with van der Waals surface area (Å²) in [6, 6.07) is 11.9. The number of benzene rings is 2. The molecule has 0 unspecified atom stereocenters. The Labute approximate surface area is 181 Å². The molecule has 162 valence electrons. The Hall–Kier alpha value is -3.35. The lowest BCUT2D eigenvalue weighted by atomic mass is 9.91. The molecule has 0 aromatic heterocycles. The van der Waals surface area contributed by atoms with Crippen LogP contribution in [0.15, 0.2) is 42.5 Å². The van der Waals surface area contributed by atoms with Gasteiger partial charge in [-0.2, -0.15) is 0 Å². The minimum absolute atomic E-state index is 0.281. The Balaban J connectivity index is 1.49. The van der Waals surface area contributed by atoms with Crippen molar-refractivity contribution in [2.45, 2.75) is 38.6 Å². The number of carbonyl (C=O) groups is 3. The monoisotopic (exact) mass is 422 g/mol. The van der Waals surface area contributed by atoms with Gasteiger partial charge in [-0.15, -0.1) is 0 Å². The van der Waals surface area contributed by atoms with Gasteiger partial charge in [0.15, 0.2) is 17.3 Å². The van der Waals surface area contributed by atoms with Crippen molar-refractivity contribution in [2.75, 3.05) is 19.8 Å². The van der Waals surface area contributed by atoms with E-state index in [-0.39, 0.29) is 12.3 Å². The summed E-state index contributed by atoms with van der Waals surface area (Å²) >= 11 is 0. The number of urea groups is 1. The van der Waals surface area contributed by atoms with Crippen molar-refractivity contribution in [1.82, 2.24) is 10.2 Å². The second-order valence-electron chi connectivity index (χ2n) is 8.03. The fourth-order valence-corrected chi connectivity index (χ4v) is 3.86. The van der Waals surface area contributed by atoms with Crippen molar-refractivity contribution in [2.24, 2.45) is 0 Å². The van der Waals surface area contributed by atoms with Crippen LogP contribution in [-0.2, 0) is 16.8 Å². The minimum atomic E-state index is -1.28. The Kier molecular flexibility index (Phi) is 5.67. The van der Waals surface area contributed by atoms with Crippen molar-refractivity contribution in [3.63, 3.8) is 0 Å².